The van der Waals surface area contributed by atoms with E-state index in [1.54, 1.807) is 18.2 Å². The molecule has 0 bridgehead atoms. The summed E-state index contributed by atoms with van der Waals surface area (Å²) in [6.07, 6.45) is 0. The number of aromatic nitrogens is 2. The number of ether oxygens (including phenoxy) is 3. The van der Waals surface area contributed by atoms with Gasteiger partial charge in [0, 0.05) is 11.6 Å². The van der Waals surface area contributed by atoms with Gasteiger partial charge in [0.1, 0.15) is 17.2 Å². The summed E-state index contributed by atoms with van der Waals surface area (Å²) in [5, 5.41) is 17.6. The molecule has 0 aliphatic rings. The summed E-state index contributed by atoms with van der Waals surface area (Å²) in [5.74, 6) is 2.45. The van der Waals surface area contributed by atoms with E-state index in [1.807, 2.05) is 45.0 Å². The van der Waals surface area contributed by atoms with Gasteiger partial charge in [-0.05, 0) is 45.0 Å². The maximum atomic E-state index is 10.4. The summed E-state index contributed by atoms with van der Waals surface area (Å²) < 4.78 is 17.1. The highest BCUT2D eigenvalue weighted by atomic mass is 16.5. The zero-order chi connectivity index (χ0) is 18.5. The van der Waals surface area contributed by atoms with Gasteiger partial charge in [-0.15, -0.1) is 0 Å². The molecule has 0 aliphatic heterocycles. The molecule has 136 valence electrons. The SMILES string of the molecule is CCOc1ccc(-c2n[nH]c(C)c2Oc2ccccc2OCC)c(O)c1. The minimum absolute atomic E-state index is 0.0744. The van der Waals surface area contributed by atoms with Crippen LogP contribution in [0, 0.1) is 6.92 Å². The van der Waals surface area contributed by atoms with E-state index in [0.29, 0.717) is 47.5 Å². The number of nitrogens with zero attached hydrogens (tertiary/aromatic N) is 1. The van der Waals surface area contributed by atoms with E-state index < -0.39 is 0 Å². The summed E-state index contributed by atoms with van der Waals surface area (Å²) in [7, 11) is 0. The van der Waals surface area contributed by atoms with Crippen molar-refractivity contribution in [2.45, 2.75) is 20.8 Å². The highest BCUT2D eigenvalue weighted by molar-refractivity contribution is 5.74. The van der Waals surface area contributed by atoms with Gasteiger partial charge in [-0.25, -0.2) is 0 Å². The Labute approximate surface area is 152 Å². The lowest BCUT2D eigenvalue weighted by Crippen LogP contribution is -1.96. The number of aromatic amines is 1. The van der Waals surface area contributed by atoms with Crippen molar-refractivity contribution in [1.29, 1.82) is 0 Å². The molecule has 6 nitrogen and oxygen atoms in total. The number of aryl methyl sites for hydroxylation is 1. The second-order valence-corrected chi connectivity index (χ2v) is 5.62. The van der Waals surface area contributed by atoms with E-state index in [2.05, 4.69) is 10.2 Å². The third-order valence-electron chi connectivity index (χ3n) is 3.79. The van der Waals surface area contributed by atoms with Crippen molar-refractivity contribution in [1.82, 2.24) is 10.2 Å². The van der Waals surface area contributed by atoms with E-state index in [4.69, 9.17) is 14.2 Å². The first-order chi connectivity index (χ1) is 12.6. The van der Waals surface area contributed by atoms with Crippen molar-refractivity contribution in [3.63, 3.8) is 0 Å². The number of rotatable bonds is 7. The summed E-state index contributed by atoms with van der Waals surface area (Å²) in [5.41, 5.74) is 1.83. The lowest BCUT2D eigenvalue weighted by Gasteiger charge is -2.12. The highest BCUT2D eigenvalue weighted by Gasteiger charge is 2.19. The van der Waals surface area contributed by atoms with Crippen LogP contribution in [-0.2, 0) is 0 Å². The van der Waals surface area contributed by atoms with Crippen molar-refractivity contribution in [2.75, 3.05) is 13.2 Å². The summed E-state index contributed by atoms with van der Waals surface area (Å²) in [4.78, 5) is 0. The minimum atomic E-state index is 0.0744. The van der Waals surface area contributed by atoms with Crippen molar-refractivity contribution in [3.05, 3.63) is 48.2 Å². The van der Waals surface area contributed by atoms with Gasteiger partial charge in [0.05, 0.1) is 18.9 Å². The topological polar surface area (TPSA) is 76.6 Å². The van der Waals surface area contributed by atoms with E-state index in [0.717, 1.165) is 5.69 Å². The van der Waals surface area contributed by atoms with Crippen molar-refractivity contribution >= 4 is 0 Å². The highest BCUT2D eigenvalue weighted by Crippen LogP contribution is 2.41. The van der Waals surface area contributed by atoms with Crippen LogP contribution >= 0.6 is 0 Å². The van der Waals surface area contributed by atoms with Gasteiger partial charge in [-0.2, -0.15) is 5.10 Å². The van der Waals surface area contributed by atoms with Crippen LogP contribution in [0.5, 0.6) is 28.7 Å². The Kier molecular flexibility index (Phi) is 5.31. The Morgan fingerprint density at radius 2 is 1.73 bits per heavy atom. The molecule has 0 atom stereocenters. The quantitative estimate of drug-likeness (QED) is 0.644. The Morgan fingerprint density at radius 1 is 1.00 bits per heavy atom. The number of aromatic hydroxyl groups is 1. The lowest BCUT2D eigenvalue weighted by atomic mass is 10.1. The van der Waals surface area contributed by atoms with Crippen LogP contribution < -0.4 is 14.2 Å². The average Bonchev–Trinajstić information content (AvgIpc) is 2.98. The van der Waals surface area contributed by atoms with E-state index in [9.17, 15) is 5.11 Å². The zero-order valence-corrected chi connectivity index (χ0v) is 15.1. The largest absolute Gasteiger partial charge is 0.507 e. The van der Waals surface area contributed by atoms with Gasteiger partial charge in [-0.1, -0.05) is 12.1 Å². The first-order valence-electron chi connectivity index (χ1n) is 8.54. The van der Waals surface area contributed by atoms with Crippen molar-refractivity contribution < 1.29 is 19.3 Å². The molecule has 0 unspecified atom stereocenters. The molecule has 0 amide bonds. The predicted molar refractivity (Wildman–Crippen MR) is 99.3 cm³/mol. The molecule has 3 rings (SSSR count). The van der Waals surface area contributed by atoms with Gasteiger partial charge in [0.15, 0.2) is 17.2 Å². The van der Waals surface area contributed by atoms with E-state index in [1.165, 1.54) is 0 Å². The fourth-order valence-corrected chi connectivity index (χ4v) is 2.61. The van der Waals surface area contributed by atoms with Crippen molar-refractivity contribution in [3.8, 4) is 40.0 Å². The summed E-state index contributed by atoms with van der Waals surface area (Å²) in [6.45, 7) is 6.74. The minimum Gasteiger partial charge on any atom is -0.507 e. The smallest absolute Gasteiger partial charge is 0.176 e. The molecule has 1 aromatic heterocycles. The summed E-state index contributed by atoms with van der Waals surface area (Å²) in [6, 6.07) is 12.6. The van der Waals surface area contributed by atoms with E-state index >= 15 is 0 Å². The molecule has 3 aromatic rings. The second-order valence-electron chi connectivity index (χ2n) is 5.62. The van der Waals surface area contributed by atoms with Gasteiger partial charge in [0.2, 0.25) is 0 Å². The first-order valence-corrected chi connectivity index (χ1v) is 8.54. The van der Waals surface area contributed by atoms with Gasteiger partial charge in [-0.3, -0.25) is 5.10 Å². The lowest BCUT2D eigenvalue weighted by molar-refractivity contribution is 0.321. The van der Waals surface area contributed by atoms with E-state index in [-0.39, 0.29) is 5.75 Å². The molecule has 2 aromatic carbocycles. The normalized spacial score (nSPS) is 10.6. The molecular formula is C20H22N2O4. The number of hydrogen-bond acceptors (Lipinski definition) is 5. The van der Waals surface area contributed by atoms with Crippen LogP contribution in [0.2, 0.25) is 0 Å². The Morgan fingerprint density at radius 3 is 2.42 bits per heavy atom. The fraction of sp³-hybridized carbons (Fsp3) is 0.250. The molecule has 0 aliphatic carbocycles. The standard InChI is InChI=1S/C20H22N2O4/c1-4-24-14-10-11-15(16(23)12-14)19-20(13(3)21-22-19)26-18-9-7-6-8-17(18)25-5-2/h6-12,23H,4-5H2,1-3H3,(H,21,22). The second kappa shape index (κ2) is 7.82. The average molecular weight is 354 g/mol. The van der Waals surface area contributed by atoms with Gasteiger partial charge in [0.25, 0.3) is 0 Å². The van der Waals surface area contributed by atoms with Crippen LogP contribution in [0.25, 0.3) is 11.3 Å². The number of phenols is 1. The third kappa shape index (κ3) is 3.59. The molecule has 6 heteroatoms. The maximum absolute atomic E-state index is 10.4. The van der Waals surface area contributed by atoms with Gasteiger partial charge < -0.3 is 19.3 Å². The molecule has 0 spiro atoms. The molecule has 2 N–H and O–H groups in total. The zero-order valence-electron chi connectivity index (χ0n) is 15.1. The van der Waals surface area contributed by atoms with Crippen LogP contribution in [-0.4, -0.2) is 28.5 Å². The fourth-order valence-electron chi connectivity index (χ4n) is 2.61. The number of nitrogens with one attached hydrogen (secondary N) is 1. The Bertz CT molecular complexity index is 889. The molecular weight excluding hydrogens is 332 g/mol. The number of H-pyrrole nitrogens is 1. The molecule has 0 fully saturated rings. The molecule has 0 radical (unpaired) electrons. The third-order valence-corrected chi connectivity index (χ3v) is 3.79. The monoisotopic (exact) mass is 354 g/mol. The summed E-state index contributed by atoms with van der Waals surface area (Å²) >= 11 is 0. The van der Waals surface area contributed by atoms with Crippen LogP contribution in [0.15, 0.2) is 42.5 Å². The maximum Gasteiger partial charge on any atom is 0.176 e. The molecule has 0 saturated heterocycles. The van der Waals surface area contributed by atoms with Gasteiger partial charge >= 0.3 is 0 Å². The number of para-hydroxylation sites is 2. The first kappa shape index (κ1) is 17.7. The predicted octanol–water partition coefficient (Wildman–Crippen LogP) is 4.68. The van der Waals surface area contributed by atoms with Crippen LogP contribution in [0.4, 0.5) is 0 Å². The Balaban J connectivity index is 1.98. The van der Waals surface area contributed by atoms with Crippen LogP contribution in [0.1, 0.15) is 19.5 Å². The molecule has 26 heavy (non-hydrogen) atoms. The number of benzene rings is 2. The molecule has 1 heterocycles. The Hall–Kier alpha value is -3.15. The molecule has 0 saturated carbocycles. The number of hydrogen-bond donors (Lipinski definition) is 2. The number of phenolic OH excluding ortho intramolecular Hbond substituents is 1. The van der Waals surface area contributed by atoms with Crippen LogP contribution in [0.3, 0.4) is 0 Å². The van der Waals surface area contributed by atoms with Crippen molar-refractivity contribution in [2.24, 2.45) is 0 Å².